The average molecular weight is 461 g/mol. The van der Waals surface area contributed by atoms with Crippen LogP contribution in [0, 0.1) is 5.92 Å². The molecule has 0 aliphatic heterocycles. The van der Waals surface area contributed by atoms with Crippen LogP contribution in [0.3, 0.4) is 0 Å². The summed E-state index contributed by atoms with van der Waals surface area (Å²) in [7, 11) is 0. The molecule has 2 aromatic carbocycles. The van der Waals surface area contributed by atoms with Crippen molar-refractivity contribution in [2.75, 3.05) is 0 Å². The standard InChI is InChI=1S/C32H44O2/c1-5-7-9-13-21-32(3,4)27-18-20-29(30-23-28(33)19-17-26(30)16-8-6-2)31(22-27)34-24-25-14-11-10-12-15-25/h6,8,10-12,14-15,18,20,22,26,30H,5,7,9,13,16-17,19,21,23-24H2,1-4H3. The molecule has 0 N–H and O–H groups in total. The third-order valence-electron chi connectivity index (χ3n) is 7.57. The summed E-state index contributed by atoms with van der Waals surface area (Å²) in [5.41, 5.74) is 3.82. The number of hydrogen-bond donors (Lipinski definition) is 0. The lowest BCUT2D eigenvalue weighted by molar-refractivity contribution is -0.121. The van der Waals surface area contributed by atoms with Gasteiger partial charge in [-0.1, -0.05) is 101 Å². The largest absolute Gasteiger partial charge is 0.489 e. The van der Waals surface area contributed by atoms with Gasteiger partial charge in [-0.05, 0) is 66.2 Å². The van der Waals surface area contributed by atoms with Gasteiger partial charge in [-0.3, -0.25) is 4.79 Å². The highest BCUT2D eigenvalue weighted by molar-refractivity contribution is 5.80. The maximum Gasteiger partial charge on any atom is 0.133 e. The van der Waals surface area contributed by atoms with Crippen LogP contribution in [-0.2, 0) is 16.8 Å². The molecular weight excluding hydrogens is 416 g/mol. The number of carbonyl (C=O) groups is 1. The molecule has 2 unspecified atom stereocenters. The van der Waals surface area contributed by atoms with E-state index in [4.69, 9.17) is 4.74 Å². The van der Waals surface area contributed by atoms with Gasteiger partial charge in [-0.15, -0.1) is 0 Å². The first-order chi connectivity index (χ1) is 16.4. The molecule has 0 heterocycles. The molecule has 0 saturated heterocycles. The summed E-state index contributed by atoms with van der Waals surface area (Å²) in [6.07, 6.45) is 14.0. The van der Waals surface area contributed by atoms with Gasteiger partial charge in [0.05, 0.1) is 0 Å². The zero-order valence-electron chi connectivity index (χ0n) is 21.8. The minimum atomic E-state index is 0.101. The Bertz CT molecular complexity index is 925. The fraction of sp³-hybridized carbons (Fsp3) is 0.531. The number of allylic oxidation sites excluding steroid dienone is 2. The Morgan fingerprint density at radius 3 is 2.59 bits per heavy atom. The van der Waals surface area contributed by atoms with E-state index in [1.165, 1.54) is 48.8 Å². The monoisotopic (exact) mass is 460 g/mol. The molecule has 184 valence electrons. The normalized spacial score (nSPS) is 19.0. The summed E-state index contributed by atoms with van der Waals surface area (Å²) >= 11 is 0. The highest BCUT2D eigenvalue weighted by Gasteiger charge is 2.32. The third-order valence-corrected chi connectivity index (χ3v) is 7.57. The van der Waals surface area contributed by atoms with Crippen LogP contribution in [-0.4, -0.2) is 5.78 Å². The van der Waals surface area contributed by atoms with Gasteiger partial charge >= 0.3 is 0 Å². The van der Waals surface area contributed by atoms with Crippen LogP contribution in [0.2, 0.25) is 0 Å². The van der Waals surface area contributed by atoms with E-state index in [2.05, 4.69) is 82.3 Å². The number of carbonyl (C=O) groups excluding carboxylic acids is 1. The molecule has 2 nitrogen and oxygen atoms in total. The topological polar surface area (TPSA) is 26.3 Å². The summed E-state index contributed by atoms with van der Waals surface area (Å²) in [5, 5.41) is 0. The molecule has 2 aromatic rings. The number of rotatable bonds is 12. The summed E-state index contributed by atoms with van der Waals surface area (Å²) in [6.45, 7) is 9.60. The van der Waals surface area contributed by atoms with Gasteiger partial charge in [0.15, 0.2) is 0 Å². The van der Waals surface area contributed by atoms with Gasteiger partial charge in [0.25, 0.3) is 0 Å². The van der Waals surface area contributed by atoms with Gasteiger partial charge in [0, 0.05) is 12.8 Å². The molecule has 3 rings (SSSR count). The highest BCUT2D eigenvalue weighted by Crippen LogP contribution is 2.44. The van der Waals surface area contributed by atoms with Crippen molar-refractivity contribution < 1.29 is 9.53 Å². The first-order valence-electron chi connectivity index (χ1n) is 13.4. The second-order valence-corrected chi connectivity index (χ2v) is 10.7. The predicted octanol–water partition coefficient (Wildman–Crippen LogP) is 8.93. The zero-order chi connectivity index (χ0) is 24.4. The first kappa shape index (κ1) is 26.3. The van der Waals surface area contributed by atoms with Gasteiger partial charge < -0.3 is 4.74 Å². The molecule has 2 atom stereocenters. The lowest BCUT2D eigenvalue weighted by atomic mass is 9.72. The summed E-state index contributed by atoms with van der Waals surface area (Å²) in [4.78, 5) is 12.5. The van der Waals surface area contributed by atoms with Gasteiger partial charge in [-0.25, -0.2) is 0 Å². The van der Waals surface area contributed by atoms with Crippen molar-refractivity contribution in [3.63, 3.8) is 0 Å². The number of Topliss-reactive ketones (excluding diaryl/α,β-unsaturated/α-hetero) is 1. The fourth-order valence-corrected chi connectivity index (χ4v) is 5.28. The third kappa shape index (κ3) is 7.32. The Hall–Kier alpha value is -2.35. The molecule has 1 saturated carbocycles. The van der Waals surface area contributed by atoms with E-state index in [9.17, 15) is 4.79 Å². The van der Waals surface area contributed by atoms with E-state index in [1.54, 1.807) is 0 Å². The Morgan fingerprint density at radius 2 is 1.85 bits per heavy atom. The van der Waals surface area contributed by atoms with Crippen LogP contribution in [0.4, 0.5) is 0 Å². The maximum atomic E-state index is 12.5. The molecule has 2 heteroatoms. The van der Waals surface area contributed by atoms with E-state index in [0.717, 1.165) is 18.6 Å². The van der Waals surface area contributed by atoms with Crippen LogP contribution < -0.4 is 4.74 Å². The smallest absolute Gasteiger partial charge is 0.133 e. The van der Waals surface area contributed by atoms with Crippen LogP contribution in [0.1, 0.15) is 108 Å². The van der Waals surface area contributed by atoms with Gasteiger partial charge in [0.2, 0.25) is 0 Å². The van der Waals surface area contributed by atoms with Crippen LogP contribution >= 0.6 is 0 Å². The quantitative estimate of drug-likeness (QED) is 0.233. The van der Waals surface area contributed by atoms with Crippen molar-refractivity contribution in [3.05, 3.63) is 77.4 Å². The molecule has 0 aromatic heterocycles. The molecule has 0 bridgehead atoms. The second kappa shape index (κ2) is 12.9. The molecule has 34 heavy (non-hydrogen) atoms. The average Bonchev–Trinajstić information content (AvgIpc) is 2.85. The molecule has 1 fully saturated rings. The summed E-state index contributed by atoms with van der Waals surface area (Å²) in [6, 6.07) is 17.2. The van der Waals surface area contributed by atoms with E-state index in [1.807, 2.05) is 6.07 Å². The van der Waals surface area contributed by atoms with Crippen molar-refractivity contribution in [3.8, 4) is 5.75 Å². The molecule has 0 spiro atoms. The summed E-state index contributed by atoms with van der Waals surface area (Å²) < 4.78 is 6.51. The van der Waals surface area contributed by atoms with E-state index >= 15 is 0 Å². The highest BCUT2D eigenvalue weighted by atomic mass is 16.5. The molecule has 1 aliphatic carbocycles. The minimum Gasteiger partial charge on any atom is -0.489 e. The van der Waals surface area contributed by atoms with E-state index in [-0.39, 0.29) is 11.3 Å². The van der Waals surface area contributed by atoms with Crippen molar-refractivity contribution in [1.82, 2.24) is 0 Å². The van der Waals surface area contributed by atoms with Crippen LogP contribution in [0.25, 0.3) is 0 Å². The first-order valence-corrected chi connectivity index (χ1v) is 13.4. The van der Waals surface area contributed by atoms with E-state index in [0.29, 0.717) is 31.1 Å². The second-order valence-electron chi connectivity index (χ2n) is 10.7. The molecule has 0 radical (unpaired) electrons. The number of hydrogen-bond acceptors (Lipinski definition) is 2. The van der Waals surface area contributed by atoms with Crippen LogP contribution in [0.15, 0.2) is 60.7 Å². The molecular formula is C32H44O2. The van der Waals surface area contributed by atoms with Gasteiger partial charge in [0.1, 0.15) is 18.1 Å². The Balaban J connectivity index is 1.91. The number of ketones is 1. The number of ether oxygens (including phenoxy) is 1. The lowest BCUT2D eigenvalue weighted by Crippen LogP contribution is -2.24. The maximum absolute atomic E-state index is 12.5. The Kier molecular flexibility index (Phi) is 9.99. The predicted molar refractivity (Wildman–Crippen MR) is 144 cm³/mol. The van der Waals surface area contributed by atoms with Crippen molar-refractivity contribution >= 4 is 5.78 Å². The van der Waals surface area contributed by atoms with Crippen molar-refractivity contribution in [2.45, 2.75) is 103 Å². The number of benzene rings is 2. The summed E-state index contributed by atoms with van der Waals surface area (Å²) in [5.74, 6) is 2.06. The van der Waals surface area contributed by atoms with Crippen molar-refractivity contribution in [2.24, 2.45) is 5.92 Å². The fourth-order valence-electron chi connectivity index (χ4n) is 5.28. The van der Waals surface area contributed by atoms with Gasteiger partial charge in [-0.2, -0.15) is 0 Å². The molecule has 1 aliphatic rings. The van der Waals surface area contributed by atoms with Crippen molar-refractivity contribution in [1.29, 1.82) is 0 Å². The lowest BCUT2D eigenvalue weighted by Gasteiger charge is -2.33. The molecule has 0 amide bonds. The SMILES string of the molecule is CC=CCC1CCC(=O)CC1c1ccc(C(C)(C)CCCCCC)cc1OCc1ccccc1. The Labute approximate surface area is 207 Å². The van der Waals surface area contributed by atoms with Crippen LogP contribution in [0.5, 0.6) is 5.75 Å². The number of unbranched alkanes of at least 4 members (excludes halogenated alkanes) is 3. The zero-order valence-corrected chi connectivity index (χ0v) is 21.8. The minimum absolute atomic E-state index is 0.101. The van der Waals surface area contributed by atoms with E-state index < -0.39 is 0 Å². The Morgan fingerprint density at radius 1 is 1.06 bits per heavy atom.